The van der Waals surface area contributed by atoms with Gasteiger partial charge in [-0.15, -0.1) is 0 Å². The first-order chi connectivity index (χ1) is 8.81. The van der Waals surface area contributed by atoms with E-state index in [0.717, 1.165) is 19.6 Å². The van der Waals surface area contributed by atoms with Crippen LogP contribution < -0.4 is 5.73 Å². The van der Waals surface area contributed by atoms with Gasteiger partial charge in [-0.05, 0) is 12.6 Å². The van der Waals surface area contributed by atoms with Gasteiger partial charge >= 0.3 is 12.1 Å². The largest absolute Gasteiger partial charge is 0.490 e. The van der Waals surface area contributed by atoms with E-state index in [9.17, 15) is 13.2 Å². The van der Waals surface area contributed by atoms with E-state index < -0.39 is 12.1 Å². The number of halogens is 3. The molecule has 0 bridgehead atoms. The summed E-state index contributed by atoms with van der Waals surface area (Å²) in [5.41, 5.74) is 6.68. The average molecular weight is 282 g/mol. The molecule has 0 saturated carbocycles. The summed E-state index contributed by atoms with van der Waals surface area (Å²) < 4.78 is 36.7. The van der Waals surface area contributed by atoms with Crippen LogP contribution in [0.1, 0.15) is 12.5 Å². The van der Waals surface area contributed by atoms with Gasteiger partial charge in [-0.2, -0.15) is 13.2 Å². The number of likely N-dealkylation sites (N-methyl/N-ethyl adjacent to an activating group) is 1. The minimum atomic E-state index is -5.08. The lowest BCUT2D eigenvalue weighted by molar-refractivity contribution is -0.192. The summed E-state index contributed by atoms with van der Waals surface area (Å²) in [6, 6.07) is 1.99. The molecule has 3 N–H and O–H groups in total. The molecule has 1 aromatic rings. The van der Waals surface area contributed by atoms with Gasteiger partial charge in [0.15, 0.2) is 0 Å². The van der Waals surface area contributed by atoms with E-state index in [4.69, 9.17) is 20.1 Å². The van der Waals surface area contributed by atoms with Gasteiger partial charge in [-0.3, -0.25) is 4.90 Å². The highest BCUT2D eigenvalue weighted by Crippen LogP contribution is 2.13. The van der Waals surface area contributed by atoms with Gasteiger partial charge in [0.25, 0.3) is 0 Å². The SMILES string of the molecule is CCN(CCN)Cc1ccoc1.O=C(O)C(F)(F)F. The number of rotatable bonds is 5. The molecule has 0 aliphatic rings. The van der Waals surface area contributed by atoms with E-state index in [0.29, 0.717) is 6.54 Å². The van der Waals surface area contributed by atoms with Crippen molar-refractivity contribution >= 4 is 5.97 Å². The molecule has 0 amide bonds. The van der Waals surface area contributed by atoms with Crippen molar-refractivity contribution in [1.82, 2.24) is 4.90 Å². The normalized spacial score (nSPS) is 11.1. The monoisotopic (exact) mass is 282 g/mol. The van der Waals surface area contributed by atoms with Crippen molar-refractivity contribution in [1.29, 1.82) is 0 Å². The molecule has 1 heterocycles. The Morgan fingerprint density at radius 2 is 2.11 bits per heavy atom. The maximum absolute atomic E-state index is 10.6. The van der Waals surface area contributed by atoms with Crippen LogP contribution in [0.4, 0.5) is 13.2 Å². The first kappa shape index (κ1) is 17.5. The van der Waals surface area contributed by atoms with Crippen molar-refractivity contribution in [3.63, 3.8) is 0 Å². The van der Waals surface area contributed by atoms with Crippen LogP contribution in [0.5, 0.6) is 0 Å². The van der Waals surface area contributed by atoms with Crippen LogP contribution in [-0.2, 0) is 11.3 Å². The van der Waals surface area contributed by atoms with Crippen molar-refractivity contribution < 1.29 is 27.5 Å². The third-order valence-electron chi connectivity index (χ3n) is 2.12. The Hall–Kier alpha value is -1.54. The molecule has 5 nitrogen and oxygen atoms in total. The number of alkyl halides is 3. The lowest BCUT2D eigenvalue weighted by Gasteiger charge is -2.17. The molecule has 0 aliphatic carbocycles. The van der Waals surface area contributed by atoms with Crippen molar-refractivity contribution in [2.24, 2.45) is 5.73 Å². The number of nitrogens with zero attached hydrogens (tertiary/aromatic N) is 1. The highest BCUT2D eigenvalue weighted by molar-refractivity contribution is 5.73. The molecule has 0 aliphatic heterocycles. The molecule has 0 unspecified atom stereocenters. The third-order valence-corrected chi connectivity index (χ3v) is 2.12. The predicted octanol–water partition coefficient (Wildman–Crippen LogP) is 1.69. The minimum absolute atomic E-state index is 0.714. The molecule has 0 saturated heterocycles. The summed E-state index contributed by atoms with van der Waals surface area (Å²) in [6.45, 7) is 5.76. The fourth-order valence-electron chi connectivity index (χ4n) is 1.17. The van der Waals surface area contributed by atoms with E-state index in [1.807, 2.05) is 6.07 Å². The fourth-order valence-corrected chi connectivity index (χ4v) is 1.17. The predicted molar refractivity (Wildman–Crippen MR) is 62.4 cm³/mol. The van der Waals surface area contributed by atoms with E-state index in [1.165, 1.54) is 5.56 Å². The molecule has 1 rings (SSSR count). The van der Waals surface area contributed by atoms with Crippen molar-refractivity contribution in [2.45, 2.75) is 19.6 Å². The number of aliphatic carboxylic acids is 1. The molecule has 0 radical (unpaired) electrons. The van der Waals surface area contributed by atoms with Crippen molar-refractivity contribution in [2.75, 3.05) is 19.6 Å². The number of furan rings is 1. The van der Waals surface area contributed by atoms with Crippen molar-refractivity contribution in [3.05, 3.63) is 24.2 Å². The van der Waals surface area contributed by atoms with E-state index >= 15 is 0 Å². The Morgan fingerprint density at radius 1 is 1.53 bits per heavy atom. The van der Waals surface area contributed by atoms with Crippen LogP contribution in [0.25, 0.3) is 0 Å². The van der Waals surface area contributed by atoms with Crippen LogP contribution in [0.2, 0.25) is 0 Å². The van der Waals surface area contributed by atoms with Gasteiger partial charge in [0.2, 0.25) is 0 Å². The van der Waals surface area contributed by atoms with E-state index in [1.54, 1.807) is 12.5 Å². The Labute approximate surface area is 108 Å². The number of hydrogen-bond acceptors (Lipinski definition) is 4. The van der Waals surface area contributed by atoms with Gasteiger partial charge in [0.1, 0.15) is 0 Å². The first-order valence-electron chi connectivity index (χ1n) is 5.54. The minimum Gasteiger partial charge on any atom is -0.475 e. The average Bonchev–Trinajstić information content (AvgIpc) is 2.80. The number of hydrogen-bond donors (Lipinski definition) is 2. The second-order valence-electron chi connectivity index (χ2n) is 3.59. The number of nitrogens with two attached hydrogens (primary N) is 1. The summed E-state index contributed by atoms with van der Waals surface area (Å²) in [7, 11) is 0. The summed E-state index contributed by atoms with van der Waals surface area (Å²) >= 11 is 0. The van der Waals surface area contributed by atoms with Gasteiger partial charge in [0, 0.05) is 25.2 Å². The zero-order valence-corrected chi connectivity index (χ0v) is 10.5. The molecule has 8 heteroatoms. The van der Waals surface area contributed by atoms with E-state index in [-0.39, 0.29) is 0 Å². The zero-order chi connectivity index (χ0) is 14.9. The number of carboxylic acid groups (broad SMARTS) is 1. The lowest BCUT2D eigenvalue weighted by atomic mass is 10.3. The summed E-state index contributed by atoms with van der Waals surface area (Å²) in [5.74, 6) is -2.76. The Morgan fingerprint density at radius 3 is 2.42 bits per heavy atom. The molecule has 19 heavy (non-hydrogen) atoms. The van der Waals surface area contributed by atoms with Gasteiger partial charge < -0.3 is 15.3 Å². The molecule has 0 fully saturated rings. The molecular formula is C11H17F3N2O3. The maximum atomic E-state index is 10.6. The number of carbonyl (C=O) groups is 1. The van der Waals surface area contributed by atoms with Crippen LogP contribution in [0, 0.1) is 0 Å². The topological polar surface area (TPSA) is 79.7 Å². The van der Waals surface area contributed by atoms with Gasteiger partial charge in [-0.25, -0.2) is 4.79 Å². The maximum Gasteiger partial charge on any atom is 0.490 e. The smallest absolute Gasteiger partial charge is 0.475 e. The molecular weight excluding hydrogens is 265 g/mol. The van der Waals surface area contributed by atoms with Crippen LogP contribution in [-0.4, -0.2) is 41.8 Å². The molecule has 0 atom stereocenters. The summed E-state index contributed by atoms with van der Waals surface area (Å²) in [5, 5.41) is 7.12. The van der Waals surface area contributed by atoms with E-state index in [2.05, 4.69) is 11.8 Å². The molecule has 1 aromatic heterocycles. The standard InChI is InChI=1S/C9H16N2O.C2HF3O2/c1-2-11(5-4-10)7-9-3-6-12-8-9;3-2(4,5)1(6)7/h3,6,8H,2,4-5,7,10H2,1H3;(H,6,7). The quantitative estimate of drug-likeness (QED) is 0.859. The number of carboxylic acids is 1. The second kappa shape index (κ2) is 8.54. The highest BCUT2D eigenvalue weighted by atomic mass is 19.4. The van der Waals surface area contributed by atoms with Crippen molar-refractivity contribution in [3.8, 4) is 0 Å². The second-order valence-corrected chi connectivity index (χ2v) is 3.59. The Balaban J connectivity index is 0.000000399. The molecule has 0 spiro atoms. The zero-order valence-electron chi connectivity index (χ0n) is 10.5. The molecule has 110 valence electrons. The van der Waals surface area contributed by atoms with Gasteiger partial charge in [0.05, 0.1) is 12.5 Å². The fraction of sp³-hybridized carbons (Fsp3) is 0.545. The Kier molecular flexibility index (Phi) is 7.85. The van der Waals surface area contributed by atoms with Crippen LogP contribution in [0.3, 0.4) is 0 Å². The first-order valence-corrected chi connectivity index (χ1v) is 5.54. The summed E-state index contributed by atoms with van der Waals surface area (Å²) in [4.78, 5) is 11.2. The third kappa shape index (κ3) is 8.22. The lowest BCUT2D eigenvalue weighted by Crippen LogP contribution is -2.28. The van der Waals surface area contributed by atoms with Gasteiger partial charge in [-0.1, -0.05) is 6.92 Å². The summed E-state index contributed by atoms with van der Waals surface area (Å²) in [6.07, 6.45) is -1.61. The van der Waals surface area contributed by atoms with Crippen LogP contribution in [0.15, 0.2) is 23.0 Å². The van der Waals surface area contributed by atoms with Crippen LogP contribution >= 0.6 is 0 Å². The molecule has 0 aromatic carbocycles. The Bertz CT molecular complexity index is 353. The highest BCUT2D eigenvalue weighted by Gasteiger charge is 2.38.